The van der Waals surface area contributed by atoms with E-state index in [1.54, 1.807) is 24.5 Å². The Labute approximate surface area is 300 Å². The molecule has 5 heterocycles. The van der Waals surface area contributed by atoms with Gasteiger partial charge in [0.25, 0.3) is 11.1 Å². The molecule has 12 nitrogen and oxygen atoms in total. The van der Waals surface area contributed by atoms with Gasteiger partial charge in [0.2, 0.25) is 0 Å². The van der Waals surface area contributed by atoms with E-state index in [2.05, 4.69) is 15.3 Å². The van der Waals surface area contributed by atoms with Gasteiger partial charge in [0.15, 0.2) is 45.6 Å². The third-order valence-electron chi connectivity index (χ3n) is 9.81. The molecule has 2 aliphatic carbocycles. The van der Waals surface area contributed by atoms with E-state index in [-0.39, 0.29) is 51.6 Å². The first-order chi connectivity index (χ1) is 25.2. The van der Waals surface area contributed by atoms with Crippen molar-refractivity contribution in [2.75, 3.05) is 24.5 Å². The first-order valence-corrected chi connectivity index (χ1v) is 17.8. The summed E-state index contributed by atoms with van der Waals surface area (Å²) in [6.45, 7) is 10.5. The SMILES string of the molecule is Cc1nc2c(=O)n(C3CC3)c3cc(F)c(F)cc3c2o1.Cc1nc2c(=O)n(C3CC3)c3cc(N4CCC(CNC(=O)OC(C)(C)C)C4)c(F)cc3c2o1. The first-order valence-electron chi connectivity index (χ1n) is 17.8. The second-order valence-corrected chi connectivity index (χ2v) is 15.2. The smallest absolute Gasteiger partial charge is 0.407 e. The first kappa shape index (κ1) is 34.7. The number of halogens is 3. The number of aryl methyl sites for hydroxylation is 2. The van der Waals surface area contributed by atoms with E-state index < -0.39 is 23.3 Å². The van der Waals surface area contributed by atoms with E-state index in [1.165, 1.54) is 10.6 Å². The highest BCUT2D eigenvalue weighted by Crippen LogP contribution is 2.40. The Morgan fingerprint density at radius 1 is 0.811 bits per heavy atom. The lowest BCUT2D eigenvalue weighted by molar-refractivity contribution is 0.0520. The van der Waals surface area contributed by atoms with Crippen LogP contribution in [-0.2, 0) is 4.74 Å². The molecule has 278 valence electrons. The molecule has 1 unspecified atom stereocenters. The summed E-state index contributed by atoms with van der Waals surface area (Å²) in [5.41, 5.74) is 1.46. The lowest BCUT2D eigenvalue weighted by Crippen LogP contribution is -2.36. The maximum absolute atomic E-state index is 15.3. The quantitative estimate of drug-likeness (QED) is 0.193. The van der Waals surface area contributed by atoms with E-state index >= 15 is 4.39 Å². The van der Waals surface area contributed by atoms with E-state index in [1.807, 2.05) is 25.7 Å². The van der Waals surface area contributed by atoms with Crippen LogP contribution in [0.2, 0.25) is 0 Å². The number of fused-ring (bicyclic) bond motifs is 6. The van der Waals surface area contributed by atoms with Crippen molar-refractivity contribution in [3.05, 3.63) is 74.2 Å². The van der Waals surface area contributed by atoms with Crippen molar-refractivity contribution in [1.29, 1.82) is 0 Å². The number of carbonyl (C=O) groups is 1. The van der Waals surface area contributed by atoms with Gasteiger partial charge in [-0.1, -0.05) is 0 Å². The molecule has 53 heavy (non-hydrogen) atoms. The standard InChI is InChI=1S/C24H29FN4O4.C14H10F2N2O2/c1-13-27-20-21(32-13)16-9-17(25)19(10-18(16)29(22(20)30)15-5-6-15)28-8-7-14(12-28)11-26-23(31)33-24(2,3)4;1-6-17-12-13(20-6)8-4-9(15)10(16)5-11(8)18(14(12)19)7-2-3-7/h9-10,14-15H,5-8,11-12H2,1-4H3,(H,26,31);4-5,7H,2-3H2,1H3. The second kappa shape index (κ2) is 12.7. The Hall–Kier alpha value is -5.34. The zero-order valence-electron chi connectivity index (χ0n) is 30.0. The van der Waals surface area contributed by atoms with Crippen LogP contribution >= 0.6 is 0 Å². The van der Waals surface area contributed by atoms with Crippen molar-refractivity contribution < 1.29 is 31.5 Å². The summed E-state index contributed by atoms with van der Waals surface area (Å²) in [6.07, 6.45) is 3.94. The summed E-state index contributed by atoms with van der Waals surface area (Å²) in [4.78, 5) is 47.9. The fourth-order valence-electron chi connectivity index (χ4n) is 7.20. The number of oxazole rings is 2. The van der Waals surface area contributed by atoms with Gasteiger partial charge in [-0.15, -0.1) is 0 Å². The summed E-state index contributed by atoms with van der Waals surface area (Å²) in [5.74, 6) is -1.40. The average molecular weight is 733 g/mol. The van der Waals surface area contributed by atoms with E-state index in [9.17, 15) is 23.2 Å². The predicted molar refractivity (Wildman–Crippen MR) is 192 cm³/mol. The third kappa shape index (κ3) is 6.50. The van der Waals surface area contributed by atoms with Gasteiger partial charge in [-0.3, -0.25) is 9.59 Å². The van der Waals surface area contributed by atoms with Gasteiger partial charge in [0, 0.05) is 62.4 Å². The molecular formula is C38H39F3N6O6. The lowest BCUT2D eigenvalue weighted by Gasteiger charge is -2.22. The highest BCUT2D eigenvalue weighted by Gasteiger charge is 2.32. The van der Waals surface area contributed by atoms with Crippen LogP contribution in [-0.4, -0.2) is 50.4 Å². The van der Waals surface area contributed by atoms with Crippen LogP contribution in [0.25, 0.3) is 44.0 Å². The molecular weight excluding hydrogens is 693 g/mol. The fourth-order valence-corrected chi connectivity index (χ4v) is 7.20. The number of rotatable bonds is 5. The van der Waals surface area contributed by atoms with Gasteiger partial charge in [0.1, 0.15) is 11.4 Å². The van der Waals surface area contributed by atoms with Crippen molar-refractivity contribution in [1.82, 2.24) is 24.4 Å². The van der Waals surface area contributed by atoms with Gasteiger partial charge in [0.05, 0.1) is 16.7 Å². The minimum absolute atomic E-state index is 0.0382. The molecule has 1 N–H and O–H groups in total. The Kier molecular flexibility index (Phi) is 8.30. The van der Waals surface area contributed by atoms with Crippen molar-refractivity contribution in [2.45, 2.75) is 84.4 Å². The van der Waals surface area contributed by atoms with Gasteiger partial charge in [-0.05, 0) is 77.0 Å². The molecule has 6 aromatic rings. The Morgan fingerprint density at radius 3 is 1.85 bits per heavy atom. The molecule has 0 bridgehead atoms. The zero-order valence-corrected chi connectivity index (χ0v) is 30.0. The molecule has 1 saturated heterocycles. The van der Waals surface area contributed by atoms with Crippen LogP contribution in [0.5, 0.6) is 0 Å². The predicted octanol–water partition coefficient (Wildman–Crippen LogP) is 7.34. The number of carbonyl (C=O) groups excluding carboxylic acids is 1. The number of ether oxygens (including phenoxy) is 1. The van der Waals surface area contributed by atoms with Crippen molar-refractivity contribution in [2.24, 2.45) is 5.92 Å². The monoisotopic (exact) mass is 732 g/mol. The molecule has 1 aliphatic heterocycles. The minimum atomic E-state index is -0.970. The van der Waals surface area contributed by atoms with E-state index in [4.69, 9.17) is 13.6 Å². The third-order valence-corrected chi connectivity index (χ3v) is 9.81. The summed E-state index contributed by atoms with van der Waals surface area (Å²) in [7, 11) is 0. The number of pyridine rings is 2. The molecule has 1 amide bonds. The Bertz CT molecular complexity index is 2580. The average Bonchev–Trinajstić information content (AvgIpc) is 3.98. The molecule has 15 heteroatoms. The number of nitrogens with zero attached hydrogens (tertiary/aromatic N) is 5. The van der Waals surface area contributed by atoms with E-state index in [0.29, 0.717) is 64.5 Å². The largest absolute Gasteiger partial charge is 0.444 e. The van der Waals surface area contributed by atoms with Crippen LogP contribution in [0.15, 0.2) is 42.7 Å². The van der Waals surface area contributed by atoms with Crippen LogP contribution in [0.4, 0.5) is 23.7 Å². The van der Waals surface area contributed by atoms with Crippen molar-refractivity contribution >= 4 is 55.8 Å². The summed E-state index contributed by atoms with van der Waals surface area (Å²) >= 11 is 0. The number of hydrogen-bond donors (Lipinski definition) is 1. The van der Waals surface area contributed by atoms with Gasteiger partial charge in [-0.2, -0.15) is 0 Å². The summed E-state index contributed by atoms with van der Waals surface area (Å²) in [5, 5.41) is 3.76. The molecule has 2 aromatic carbocycles. The molecule has 3 fully saturated rings. The minimum Gasteiger partial charge on any atom is -0.444 e. The molecule has 3 aliphatic rings. The summed E-state index contributed by atoms with van der Waals surface area (Å²) in [6, 6.07) is 5.51. The number of hydrogen-bond acceptors (Lipinski definition) is 9. The highest BCUT2D eigenvalue weighted by molar-refractivity contribution is 6.02. The molecule has 4 aromatic heterocycles. The fraction of sp³-hybridized carbons (Fsp3) is 0.447. The summed E-state index contributed by atoms with van der Waals surface area (Å²) < 4.78 is 62.0. The number of alkyl carbamates (subject to hydrolysis) is 1. The zero-order chi connectivity index (χ0) is 37.5. The Balaban J connectivity index is 0.000000170. The highest BCUT2D eigenvalue weighted by atomic mass is 19.2. The van der Waals surface area contributed by atoms with Gasteiger partial charge >= 0.3 is 6.09 Å². The maximum Gasteiger partial charge on any atom is 0.407 e. The number of nitrogens with one attached hydrogen (secondary N) is 1. The molecule has 1 atom stereocenters. The van der Waals surface area contributed by atoms with Gasteiger partial charge < -0.3 is 32.9 Å². The molecule has 2 saturated carbocycles. The molecule has 9 rings (SSSR count). The maximum atomic E-state index is 15.3. The molecule has 0 spiro atoms. The van der Waals surface area contributed by atoms with Crippen LogP contribution in [0, 0.1) is 37.2 Å². The molecule has 0 radical (unpaired) electrons. The number of anilines is 1. The number of benzene rings is 2. The normalized spacial score (nSPS) is 17.6. The number of amides is 1. The second-order valence-electron chi connectivity index (χ2n) is 15.2. The topological polar surface area (TPSA) is 138 Å². The number of aromatic nitrogens is 4. The van der Waals surface area contributed by atoms with Gasteiger partial charge in [-0.25, -0.2) is 27.9 Å². The van der Waals surface area contributed by atoms with Crippen LogP contribution in [0.1, 0.15) is 76.7 Å². The lowest BCUT2D eigenvalue weighted by atomic mass is 10.1. The van der Waals surface area contributed by atoms with Crippen molar-refractivity contribution in [3.8, 4) is 0 Å². The van der Waals surface area contributed by atoms with Crippen LogP contribution < -0.4 is 21.3 Å². The van der Waals surface area contributed by atoms with Crippen molar-refractivity contribution in [3.63, 3.8) is 0 Å². The van der Waals surface area contributed by atoms with E-state index in [0.717, 1.165) is 44.2 Å². The Morgan fingerprint density at radius 2 is 1.32 bits per heavy atom. The van der Waals surface area contributed by atoms with Crippen LogP contribution in [0.3, 0.4) is 0 Å².